The molecule has 0 unspecified atom stereocenters. The molecule has 0 saturated heterocycles. The van der Waals surface area contributed by atoms with E-state index in [0.717, 1.165) is 18.0 Å². The minimum absolute atomic E-state index is 0.119. The Morgan fingerprint density at radius 3 is 2.89 bits per heavy atom. The molecule has 1 aromatic carbocycles. The molecule has 0 spiro atoms. The molecule has 0 aliphatic heterocycles. The third kappa shape index (κ3) is 3.88. The molecule has 0 aliphatic carbocycles. The molecule has 0 bridgehead atoms. The van der Waals surface area contributed by atoms with E-state index in [1.165, 1.54) is 12.1 Å². The Kier molecular flexibility index (Phi) is 5.34. The molecule has 7 nitrogen and oxygen atoms in total. The number of hydrogen-bond donors (Lipinski definition) is 2. The molecule has 96 valence electrons. The third-order valence-electron chi connectivity index (χ3n) is 2.25. The summed E-state index contributed by atoms with van der Waals surface area (Å²) in [4.78, 5) is 14.4. The van der Waals surface area contributed by atoms with Crippen molar-refractivity contribution in [2.45, 2.75) is 19.8 Å². The van der Waals surface area contributed by atoms with E-state index in [1.807, 2.05) is 6.92 Å². The lowest BCUT2D eigenvalue weighted by molar-refractivity contribution is 0.0784. The van der Waals surface area contributed by atoms with Crippen LogP contribution in [0, 0.1) is 0 Å². The lowest BCUT2D eigenvalue weighted by Gasteiger charge is -2.14. The van der Waals surface area contributed by atoms with Crippen LogP contribution in [-0.2, 0) is 0 Å². The predicted molar refractivity (Wildman–Crippen MR) is 66.3 cm³/mol. The van der Waals surface area contributed by atoms with E-state index in [1.54, 1.807) is 12.1 Å². The molecule has 18 heavy (non-hydrogen) atoms. The van der Waals surface area contributed by atoms with Gasteiger partial charge in [0.25, 0.3) is 5.91 Å². The van der Waals surface area contributed by atoms with E-state index in [0.29, 0.717) is 6.54 Å². The number of amides is 1. The van der Waals surface area contributed by atoms with Crippen molar-refractivity contribution >= 4 is 5.91 Å². The first-order valence-electron chi connectivity index (χ1n) is 5.60. The Balaban J connectivity index is 2.72. The molecule has 0 heterocycles. The van der Waals surface area contributed by atoms with Crippen molar-refractivity contribution in [3.8, 4) is 5.75 Å². The number of benzene rings is 1. The second kappa shape index (κ2) is 7.03. The summed E-state index contributed by atoms with van der Waals surface area (Å²) in [5.74, 6) is -0.636. The van der Waals surface area contributed by atoms with E-state index >= 15 is 0 Å². The van der Waals surface area contributed by atoms with Crippen LogP contribution in [0.5, 0.6) is 5.75 Å². The number of rotatable bonds is 6. The average molecular weight is 249 g/mol. The highest BCUT2D eigenvalue weighted by atomic mass is 16.3. The zero-order valence-electron chi connectivity index (χ0n) is 10.1. The normalized spacial score (nSPS) is 9.39. The Bertz CT molecular complexity index is 457. The number of nitrogens with one attached hydrogen (secondary N) is 1. The molecule has 1 amide bonds. The van der Waals surface area contributed by atoms with Crippen molar-refractivity contribution in [2.75, 3.05) is 6.54 Å². The number of hydrogen-bond acceptors (Lipinski definition) is 3. The van der Waals surface area contributed by atoms with E-state index < -0.39 is 5.91 Å². The SMILES string of the molecule is CCCCN(N=[N+]=[N-])NC(=O)c1ccccc1O. The zero-order valence-corrected chi connectivity index (χ0v) is 10.1. The van der Waals surface area contributed by atoms with Crippen LogP contribution in [0.15, 0.2) is 29.5 Å². The molecule has 0 aromatic heterocycles. The number of nitrogens with zero attached hydrogens (tertiary/aromatic N) is 4. The molecule has 1 aromatic rings. The zero-order chi connectivity index (χ0) is 13.4. The summed E-state index contributed by atoms with van der Waals surface area (Å²) in [5.41, 5.74) is 10.9. The third-order valence-corrected chi connectivity index (χ3v) is 2.25. The number of azide groups is 1. The van der Waals surface area contributed by atoms with Crippen molar-refractivity contribution < 1.29 is 9.90 Å². The molecule has 0 aliphatic rings. The Labute approximate surface area is 105 Å². The number of unbranched alkanes of at least 4 members (excludes halogenated alkanes) is 1. The highest BCUT2D eigenvalue weighted by Gasteiger charge is 2.14. The van der Waals surface area contributed by atoms with E-state index in [-0.39, 0.29) is 11.3 Å². The second-order valence-corrected chi connectivity index (χ2v) is 3.61. The van der Waals surface area contributed by atoms with Gasteiger partial charge < -0.3 is 5.11 Å². The molecule has 0 fully saturated rings. The largest absolute Gasteiger partial charge is 0.507 e. The number of phenols is 1. The number of aromatic hydroxyl groups is 1. The van der Waals surface area contributed by atoms with Crippen LogP contribution < -0.4 is 5.43 Å². The number of hydrazine groups is 1. The van der Waals surface area contributed by atoms with Gasteiger partial charge in [-0.2, -0.15) is 10.3 Å². The van der Waals surface area contributed by atoms with Gasteiger partial charge in [0.1, 0.15) is 12.3 Å². The van der Waals surface area contributed by atoms with Gasteiger partial charge in [-0.25, -0.2) is 0 Å². The van der Waals surface area contributed by atoms with Gasteiger partial charge in [0.05, 0.1) is 5.56 Å². The van der Waals surface area contributed by atoms with Crippen LogP contribution in [0.2, 0.25) is 0 Å². The van der Waals surface area contributed by atoms with Gasteiger partial charge in [0.2, 0.25) is 0 Å². The van der Waals surface area contributed by atoms with Crippen molar-refractivity contribution in [3.05, 3.63) is 40.3 Å². The second-order valence-electron chi connectivity index (χ2n) is 3.61. The van der Waals surface area contributed by atoms with E-state index in [4.69, 9.17) is 5.53 Å². The summed E-state index contributed by atoms with van der Waals surface area (Å²) in [6, 6.07) is 6.16. The lowest BCUT2D eigenvalue weighted by atomic mass is 10.2. The number of phenolic OH excluding ortho intramolecular Hbond substituents is 1. The van der Waals surface area contributed by atoms with Gasteiger partial charge in [-0.05, 0) is 18.6 Å². The van der Waals surface area contributed by atoms with Crippen molar-refractivity contribution in [2.24, 2.45) is 5.22 Å². The van der Waals surface area contributed by atoms with Crippen LogP contribution in [-0.4, -0.2) is 22.7 Å². The van der Waals surface area contributed by atoms with Crippen molar-refractivity contribution in [3.63, 3.8) is 0 Å². The fourth-order valence-electron chi connectivity index (χ4n) is 1.32. The minimum Gasteiger partial charge on any atom is -0.507 e. The quantitative estimate of drug-likeness (QED) is 0.350. The fourth-order valence-corrected chi connectivity index (χ4v) is 1.32. The highest BCUT2D eigenvalue weighted by molar-refractivity contribution is 5.96. The Morgan fingerprint density at radius 2 is 2.28 bits per heavy atom. The monoisotopic (exact) mass is 249 g/mol. The summed E-state index contributed by atoms with van der Waals surface area (Å²) in [6.45, 7) is 2.40. The number of carbonyl (C=O) groups excluding carboxylic acids is 1. The van der Waals surface area contributed by atoms with Crippen LogP contribution in [0.1, 0.15) is 30.1 Å². The number of para-hydroxylation sites is 1. The summed E-state index contributed by atoms with van der Waals surface area (Å²) in [7, 11) is 0. The molecule has 0 radical (unpaired) electrons. The van der Waals surface area contributed by atoms with Crippen LogP contribution >= 0.6 is 0 Å². The van der Waals surface area contributed by atoms with Gasteiger partial charge in [0.15, 0.2) is 0 Å². The first kappa shape index (κ1) is 13.7. The summed E-state index contributed by atoms with van der Waals surface area (Å²) < 4.78 is 0. The predicted octanol–water partition coefficient (Wildman–Crippen LogP) is 2.36. The number of carbonyl (C=O) groups is 1. The van der Waals surface area contributed by atoms with Gasteiger partial charge in [-0.3, -0.25) is 4.79 Å². The molecule has 7 heteroatoms. The van der Waals surface area contributed by atoms with Gasteiger partial charge in [-0.1, -0.05) is 25.5 Å². The Morgan fingerprint density at radius 1 is 1.56 bits per heavy atom. The first-order valence-corrected chi connectivity index (χ1v) is 5.60. The van der Waals surface area contributed by atoms with Gasteiger partial charge in [-0.15, -0.1) is 10.6 Å². The Hall–Kier alpha value is -2.40. The van der Waals surface area contributed by atoms with Crippen LogP contribution in [0.4, 0.5) is 0 Å². The van der Waals surface area contributed by atoms with Gasteiger partial charge >= 0.3 is 0 Å². The van der Waals surface area contributed by atoms with Gasteiger partial charge in [0, 0.05) is 5.22 Å². The first-order chi connectivity index (χ1) is 8.69. The summed E-state index contributed by atoms with van der Waals surface area (Å²) >= 11 is 0. The molecular weight excluding hydrogens is 234 g/mol. The lowest BCUT2D eigenvalue weighted by Crippen LogP contribution is -2.38. The molecular formula is C11H15N5O2. The maximum atomic E-state index is 11.8. The topological polar surface area (TPSA) is 101 Å². The molecule has 1 rings (SSSR count). The smallest absolute Gasteiger partial charge is 0.290 e. The van der Waals surface area contributed by atoms with Crippen LogP contribution in [0.25, 0.3) is 10.4 Å². The fraction of sp³-hybridized carbons (Fsp3) is 0.364. The average Bonchev–Trinajstić information content (AvgIpc) is 2.36. The molecule has 0 saturated carbocycles. The van der Waals surface area contributed by atoms with Crippen LogP contribution in [0.3, 0.4) is 0 Å². The van der Waals surface area contributed by atoms with E-state index in [9.17, 15) is 9.90 Å². The standard InChI is InChI=1S/C11H15N5O2/c1-2-3-8-16(15-14-12)13-11(18)9-6-4-5-7-10(9)17/h4-7,17H,2-3,8H2,1H3,(H,13,18). The van der Waals surface area contributed by atoms with Crippen molar-refractivity contribution in [1.29, 1.82) is 0 Å². The highest BCUT2D eigenvalue weighted by Crippen LogP contribution is 2.15. The summed E-state index contributed by atoms with van der Waals surface area (Å²) in [5, 5.41) is 14.0. The molecule has 0 atom stereocenters. The van der Waals surface area contributed by atoms with Crippen molar-refractivity contribution in [1.82, 2.24) is 10.5 Å². The maximum Gasteiger partial charge on any atom is 0.290 e. The van der Waals surface area contributed by atoms with E-state index in [2.05, 4.69) is 15.6 Å². The minimum atomic E-state index is -0.517. The maximum absolute atomic E-state index is 11.8. The summed E-state index contributed by atoms with van der Waals surface area (Å²) in [6.07, 6.45) is 1.68. The molecule has 2 N–H and O–H groups in total.